The molecule has 26 heavy (non-hydrogen) atoms. The van der Waals surface area contributed by atoms with Crippen molar-refractivity contribution in [2.24, 2.45) is 0 Å². The first-order valence-corrected chi connectivity index (χ1v) is 10.1. The monoisotopic (exact) mass is 392 g/mol. The van der Waals surface area contributed by atoms with Crippen molar-refractivity contribution in [2.75, 3.05) is 11.6 Å². The Kier molecular flexibility index (Phi) is 5.53. The van der Waals surface area contributed by atoms with Crippen LogP contribution in [0.5, 0.6) is 0 Å². The van der Waals surface area contributed by atoms with Crippen molar-refractivity contribution in [3.05, 3.63) is 70.6 Å². The standard InChI is InChI=1S/C18H14F2N2O2S2/c1-26(24)10-11-4-2-5-12(8-11)17(23)22-18-21-15(9-25-18)16-13(19)6-3-7-14(16)20/h2-9H,10H2,1H3,(H,21,22,23)/t26-/m1/s1. The van der Waals surface area contributed by atoms with Gasteiger partial charge in [-0.2, -0.15) is 0 Å². The molecule has 0 radical (unpaired) electrons. The van der Waals surface area contributed by atoms with E-state index in [1.54, 1.807) is 30.5 Å². The van der Waals surface area contributed by atoms with Gasteiger partial charge < -0.3 is 0 Å². The fraction of sp³-hybridized carbons (Fsp3) is 0.111. The topological polar surface area (TPSA) is 59.1 Å². The third kappa shape index (κ3) is 4.20. The maximum absolute atomic E-state index is 13.8. The van der Waals surface area contributed by atoms with Crippen LogP contribution in [0.2, 0.25) is 0 Å². The average Bonchev–Trinajstić information content (AvgIpc) is 3.02. The average molecular weight is 392 g/mol. The molecule has 0 aliphatic carbocycles. The van der Waals surface area contributed by atoms with Crippen LogP contribution >= 0.6 is 11.3 Å². The highest BCUT2D eigenvalue weighted by Crippen LogP contribution is 2.29. The number of hydrogen-bond acceptors (Lipinski definition) is 4. The molecule has 0 fully saturated rings. The summed E-state index contributed by atoms with van der Waals surface area (Å²) in [6, 6.07) is 10.4. The predicted octanol–water partition coefficient (Wildman–Crippen LogP) is 4.22. The molecule has 3 rings (SSSR count). The number of carbonyl (C=O) groups excluding carboxylic acids is 1. The van der Waals surface area contributed by atoms with Crippen molar-refractivity contribution < 1.29 is 17.8 Å². The molecule has 3 aromatic rings. The van der Waals surface area contributed by atoms with E-state index in [1.165, 1.54) is 11.4 Å². The smallest absolute Gasteiger partial charge is 0.257 e. The first kappa shape index (κ1) is 18.3. The number of rotatable bonds is 5. The van der Waals surface area contributed by atoms with E-state index in [0.717, 1.165) is 29.0 Å². The minimum absolute atomic E-state index is 0.121. The van der Waals surface area contributed by atoms with Crippen LogP contribution in [-0.4, -0.2) is 21.4 Å². The molecule has 1 aromatic heterocycles. The van der Waals surface area contributed by atoms with Crippen LogP contribution in [0.3, 0.4) is 0 Å². The van der Waals surface area contributed by atoms with Crippen LogP contribution in [0.1, 0.15) is 15.9 Å². The molecule has 2 aromatic carbocycles. The molecule has 4 nitrogen and oxygen atoms in total. The van der Waals surface area contributed by atoms with Gasteiger partial charge in [0.2, 0.25) is 0 Å². The zero-order chi connectivity index (χ0) is 18.7. The molecule has 0 unspecified atom stereocenters. The summed E-state index contributed by atoms with van der Waals surface area (Å²) in [5.41, 5.74) is 1.07. The molecule has 1 N–H and O–H groups in total. The van der Waals surface area contributed by atoms with Crippen molar-refractivity contribution in [1.29, 1.82) is 0 Å². The number of carbonyl (C=O) groups is 1. The Bertz CT molecular complexity index is 969. The molecule has 0 aliphatic rings. The van der Waals surface area contributed by atoms with Gasteiger partial charge in [-0.15, -0.1) is 11.3 Å². The fourth-order valence-corrected chi connectivity index (χ4v) is 3.74. The predicted molar refractivity (Wildman–Crippen MR) is 99.6 cm³/mol. The largest absolute Gasteiger partial charge is 0.298 e. The highest BCUT2D eigenvalue weighted by Gasteiger charge is 2.16. The zero-order valence-electron chi connectivity index (χ0n) is 13.7. The molecule has 1 atom stereocenters. The van der Waals surface area contributed by atoms with Crippen LogP contribution < -0.4 is 5.32 Å². The molecule has 1 heterocycles. The van der Waals surface area contributed by atoms with E-state index in [0.29, 0.717) is 11.3 Å². The molecule has 1 amide bonds. The highest BCUT2D eigenvalue weighted by molar-refractivity contribution is 7.83. The van der Waals surface area contributed by atoms with E-state index in [9.17, 15) is 17.8 Å². The molecule has 134 valence electrons. The number of halogens is 2. The molecule has 0 saturated heterocycles. The summed E-state index contributed by atoms with van der Waals surface area (Å²) in [6.45, 7) is 0. The van der Waals surface area contributed by atoms with Gasteiger partial charge in [0.25, 0.3) is 5.91 Å². The van der Waals surface area contributed by atoms with Gasteiger partial charge in [-0.25, -0.2) is 13.8 Å². The number of benzene rings is 2. The van der Waals surface area contributed by atoms with Crippen LogP contribution in [-0.2, 0) is 16.6 Å². The number of thiazole rings is 1. The van der Waals surface area contributed by atoms with Crippen molar-refractivity contribution in [3.63, 3.8) is 0 Å². The van der Waals surface area contributed by atoms with Crippen LogP contribution in [0.15, 0.2) is 47.8 Å². The molecule has 0 aliphatic heterocycles. The number of hydrogen-bond donors (Lipinski definition) is 1. The summed E-state index contributed by atoms with van der Waals surface area (Å²) in [5.74, 6) is -1.47. The van der Waals surface area contributed by atoms with Gasteiger partial charge >= 0.3 is 0 Å². The molecular formula is C18H14F2N2O2S2. The molecule has 0 spiro atoms. The van der Waals surface area contributed by atoms with Gasteiger partial charge in [-0.05, 0) is 29.8 Å². The Hall–Kier alpha value is -2.45. The van der Waals surface area contributed by atoms with Gasteiger partial charge in [0.05, 0.1) is 11.3 Å². The van der Waals surface area contributed by atoms with Crippen molar-refractivity contribution in [1.82, 2.24) is 4.98 Å². The Morgan fingerprint density at radius 2 is 1.88 bits per heavy atom. The lowest BCUT2D eigenvalue weighted by molar-refractivity contribution is 0.102. The quantitative estimate of drug-likeness (QED) is 0.707. The summed E-state index contributed by atoms with van der Waals surface area (Å²) in [6.07, 6.45) is 1.59. The molecular weight excluding hydrogens is 378 g/mol. The summed E-state index contributed by atoms with van der Waals surface area (Å²) in [7, 11) is -1.01. The maximum atomic E-state index is 13.8. The maximum Gasteiger partial charge on any atom is 0.257 e. The fourth-order valence-electron chi connectivity index (χ4n) is 2.39. The lowest BCUT2D eigenvalue weighted by Crippen LogP contribution is -2.12. The van der Waals surface area contributed by atoms with E-state index in [1.807, 2.05) is 0 Å². The van der Waals surface area contributed by atoms with Crippen molar-refractivity contribution in [3.8, 4) is 11.3 Å². The highest BCUT2D eigenvalue weighted by atomic mass is 32.2. The summed E-state index contributed by atoms with van der Waals surface area (Å²) in [5, 5.41) is 4.33. The second-order valence-electron chi connectivity index (χ2n) is 5.51. The number of nitrogens with one attached hydrogen (secondary N) is 1. The molecule has 0 bridgehead atoms. The minimum atomic E-state index is -1.01. The van der Waals surface area contributed by atoms with Crippen LogP contribution in [0.4, 0.5) is 13.9 Å². The minimum Gasteiger partial charge on any atom is -0.298 e. The van der Waals surface area contributed by atoms with Gasteiger partial charge in [-0.3, -0.25) is 14.3 Å². The van der Waals surface area contributed by atoms with Crippen molar-refractivity contribution in [2.45, 2.75) is 5.75 Å². The molecule has 8 heteroatoms. The third-order valence-electron chi connectivity index (χ3n) is 3.50. The number of aromatic nitrogens is 1. The third-order valence-corrected chi connectivity index (χ3v) is 5.00. The Morgan fingerprint density at radius 3 is 2.58 bits per heavy atom. The number of amides is 1. The summed E-state index contributed by atoms with van der Waals surface area (Å²) in [4.78, 5) is 16.5. The first-order chi connectivity index (χ1) is 12.4. The van der Waals surface area contributed by atoms with Gasteiger partial charge in [-0.1, -0.05) is 18.2 Å². The van der Waals surface area contributed by atoms with Gasteiger partial charge in [0.15, 0.2) is 5.13 Å². The SMILES string of the molecule is C[S@@](=O)Cc1cccc(C(=O)Nc2nc(-c3c(F)cccc3F)cs2)c1. The van der Waals surface area contributed by atoms with Gasteiger partial charge in [0, 0.05) is 33.8 Å². The number of nitrogens with zero attached hydrogens (tertiary/aromatic N) is 1. The van der Waals surface area contributed by atoms with Crippen LogP contribution in [0.25, 0.3) is 11.3 Å². The lowest BCUT2D eigenvalue weighted by atomic mass is 10.1. The van der Waals surface area contributed by atoms with E-state index in [2.05, 4.69) is 10.3 Å². The Labute approximate surface area is 155 Å². The van der Waals surface area contributed by atoms with E-state index in [4.69, 9.17) is 0 Å². The van der Waals surface area contributed by atoms with E-state index < -0.39 is 28.3 Å². The lowest BCUT2D eigenvalue weighted by Gasteiger charge is -2.04. The summed E-state index contributed by atoms with van der Waals surface area (Å²) >= 11 is 1.07. The molecule has 0 saturated carbocycles. The zero-order valence-corrected chi connectivity index (χ0v) is 15.3. The van der Waals surface area contributed by atoms with Gasteiger partial charge in [0.1, 0.15) is 11.6 Å². The second-order valence-corrected chi connectivity index (χ2v) is 7.80. The van der Waals surface area contributed by atoms with Crippen molar-refractivity contribution >= 4 is 33.2 Å². The van der Waals surface area contributed by atoms with Crippen LogP contribution in [0, 0.1) is 11.6 Å². The van der Waals surface area contributed by atoms with E-state index in [-0.39, 0.29) is 16.4 Å². The van der Waals surface area contributed by atoms with E-state index >= 15 is 0 Å². The second kappa shape index (κ2) is 7.84. The first-order valence-electron chi connectivity index (χ1n) is 7.54. The Morgan fingerprint density at radius 1 is 1.19 bits per heavy atom. The summed E-state index contributed by atoms with van der Waals surface area (Å²) < 4.78 is 39.0. The number of anilines is 1. The Balaban J connectivity index is 1.79. The normalized spacial score (nSPS) is 12.0.